The van der Waals surface area contributed by atoms with E-state index in [-0.39, 0.29) is 10.9 Å². The van der Waals surface area contributed by atoms with Crippen molar-refractivity contribution in [2.45, 2.75) is 17.4 Å². The fraction of sp³-hybridized carbons (Fsp3) is 0.250. The van der Waals surface area contributed by atoms with E-state index in [9.17, 15) is 8.42 Å². The minimum absolute atomic E-state index is 0.127. The molecule has 0 radical (unpaired) electrons. The Bertz CT molecular complexity index is 1010. The summed E-state index contributed by atoms with van der Waals surface area (Å²) < 4.78 is 35.2. The molecular formula is C16H16N4O3S. The van der Waals surface area contributed by atoms with Crippen LogP contribution in [-0.4, -0.2) is 35.8 Å². The van der Waals surface area contributed by atoms with Crippen LogP contribution >= 0.6 is 0 Å². The number of hydrogen-bond acceptors (Lipinski definition) is 5. The van der Waals surface area contributed by atoms with Gasteiger partial charge in [-0.1, -0.05) is 18.2 Å². The van der Waals surface area contributed by atoms with Gasteiger partial charge in [0.25, 0.3) is 0 Å². The molecule has 0 aliphatic carbocycles. The summed E-state index contributed by atoms with van der Waals surface area (Å²) in [6, 6.07) is 8.92. The number of sulfonamides is 1. The lowest BCUT2D eigenvalue weighted by molar-refractivity contribution is 0.254. The molecule has 1 N–H and O–H groups in total. The minimum atomic E-state index is -3.67. The molecule has 0 amide bonds. The van der Waals surface area contributed by atoms with Gasteiger partial charge in [-0.3, -0.25) is 4.68 Å². The van der Waals surface area contributed by atoms with Crippen molar-refractivity contribution in [3.05, 3.63) is 48.3 Å². The molecule has 0 saturated carbocycles. The highest BCUT2D eigenvalue weighted by molar-refractivity contribution is 7.89. The molecule has 1 atom stereocenters. The summed E-state index contributed by atoms with van der Waals surface area (Å²) >= 11 is 0. The molecule has 124 valence electrons. The van der Waals surface area contributed by atoms with E-state index < -0.39 is 10.0 Å². The lowest BCUT2D eigenvalue weighted by atomic mass is 10.0. The Hall–Kier alpha value is -2.45. The molecule has 0 spiro atoms. The maximum atomic E-state index is 12.6. The van der Waals surface area contributed by atoms with Gasteiger partial charge in [0, 0.05) is 18.6 Å². The molecule has 24 heavy (non-hydrogen) atoms. The van der Waals surface area contributed by atoms with Crippen molar-refractivity contribution >= 4 is 21.1 Å². The predicted molar refractivity (Wildman–Crippen MR) is 88.3 cm³/mol. The van der Waals surface area contributed by atoms with Crippen molar-refractivity contribution in [3.8, 4) is 5.75 Å². The number of hydrogen-bond donors (Lipinski definition) is 1. The molecule has 3 aromatic rings. The third-order valence-corrected chi connectivity index (χ3v) is 5.55. The van der Waals surface area contributed by atoms with E-state index in [4.69, 9.17) is 4.74 Å². The predicted octanol–water partition coefficient (Wildman–Crippen LogP) is 1.25. The van der Waals surface area contributed by atoms with Gasteiger partial charge in [0.2, 0.25) is 10.0 Å². The maximum Gasteiger partial charge on any atom is 0.242 e. The summed E-state index contributed by atoms with van der Waals surface area (Å²) in [6.07, 6.45) is 3.54. The largest absolute Gasteiger partial charge is 0.492 e. The summed E-state index contributed by atoms with van der Waals surface area (Å²) in [5, 5.41) is 4.76. The Morgan fingerprint density at radius 1 is 1.29 bits per heavy atom. The van der Waals surface area contributed by atoms with Crippen molar-refractivity contribution in [2.75, 3.05) is 6.61 Å². The fourth-order valence-electron chi connectivity index (χ4n) is 2.86. The average molecular weight is 344 g/mol. The third kappa shape index (κ3) is 2.63. The van der Waals surface area contributed by atoms with Gasteiger partial charge in [0.1, 0.15) is 17.3 Å². The normalized spacial score (nSPS) is 17.5. The molecule has 1 aromatic carbocycles. The highest BCUT2D eigenvalue weighted by Gasteiger charge is 2.25. The van der Waals surface area contributed by atoms with Crippen LogP contribution in [0.15, 0.2) is 47.6 Å². The quantitative estimate of drug-likeness (QED) is 0.773. The number of aryl methyl sites for hydroxylation is 1. The topological polar surface area (TPSA) is 86.1 Å². The van der Waals surface area contributed by atoms with Crippen LogP contribution < -0.4 is 9.46 Å². The van der Waals surface area contributed by atoms with Crippen LogP contribution in [0.2, 0.25) is 0 Å². The van der Waals surface area contributed by atoms with E-state index in [2.05, 4.69) is 14.8 Å². The highest BCUT2D eigenvalue weighted by atomic mass is 32.2. The molecule has 1 aliphatic rings. The Balaban J connectivity index is 1.59. The number of ether oxygens (including phenoxy) is 1. The molecule has 0 fully saturated rings. The van der Waals surface area contributed by atoms with Crippen LogP contribution in [0.1, 0.15) is 5.56 Å². The molecule has 2 aromatic heterocycles. The van der Waals surface area contributed by atoms with Gasteiger partial charge in [-0.2, -0.15) is 5.10 Å². The lowest BCUT2D eigenvalue weighted by Gasteiger charge is -2.25. The fourth-order valence-corrected chi connectivity index (χ4v) is 4.06. The van der Waals surface area contributed by atoms with Crippen molar-refractivity contribution in [3.63, 3.8) is 0 Å². The Labute approximate surface area is 139 Å². The van der Waals surface area contributed by atoms with Gasteiger partial charge in [0.15, 0.2) is 5.65 Å². The second kappa shape index (κ2) is 5.57. The monoisotopic (exact) mass is 344 g/mol. The highest BCUT2D eigenvalue weighted by Crippen LogP contribution is 2.25. The first-order valence-corrected chi connectivity index (χ1v) is 9.02. The van der Waals surface area contributed by atoms with Gasteiger partial charge in [-0.25, -0.2) is 18.1 Å². The Morgan fingerprint density at radius 2 is 2.12 bits per heavy atom. The van der Waals surface area contributed by atoms with E-state index in [0.29, 0.717) is 24.1 Å². The summed E-state index contributed by atoms with van der Waals surface area (Å²) in [5.41, 5.74) is 1.64. The molecule has 8 heteroatoms. The van der Waals surface area contributed by atoms with Crippen LogP contribution in [0, 0.1) is 0 Å². The van der Waals surface area contributed by atoms with Crippen molar-refractivity contribution in [2.24, 2.45) is 7.05 Å². The molecule has 0 bridgehead atoms. The second-order valence-corrected chi connectivity index (χ2v) is 7.51. The zero-order chi connectivity index (χ0) is 16.7. The maximum absolute atomic E-state index is 12.6. The average Bonchev–Trinajstić information content (AvgIpc) is 2.95. The van der Waals surface area contributed by atoms with Crippen LogP contribution in [0.5, 0.6) is 5.75 Å². The lowest BCUT2D eigenvalue weighted by Crippen LogP contribution is -2.42. The summed E-state index contributed by atoms with van der Waals surface area (Å²) in [7, 11) is -1.91. The standard InChI is InChI=1S/C16H16N4O3S/c1-20-16-12(8-18-20)7-14(9-17-16)24(21,22)19-13-6-11-4-2-3-5-15(11)23-10-13/h2-5,7-9,13,19H,6,10H2,1H3/t13-/m0/s1. The number of fused-ring (bicyclic) bond motifs is 2. The van der Waals surface area contributed by atoms with Crippen LogP contribution in [0.4, 0.5) is 0 Å². The first kappa shape index (κ1) is 15.1. The van der Waals surface area contributed by atoms with E-state index in [1.807, 2.05) is 24.3 Å². The van der Waals surface area contributed by atoms with Crippen molar-refractivity contribution < 1.29 is 13.2 Å². The molecule has 4 rings (SSSR count). The second-order valence-electron chi connectivity index (χ2n) is 5.79. The van der Waals surface area contributed by atoms with E-state index in [1.165, 1.54) is 6.20 Å². The number of para-hydroxylation sites is 1. The number of nitrogens with zero attached hydrogens (tertiary/aromatic N) is 3. The molecule has 3 heterocycles. The zero-order valence-electron chi connectivity index (χ0n) is 13.0. The van der Waals surface area contributed by atoms with Gasteiger partial charge in [0.05, 0.1) is 12.2 Å². The smallest absolute Gasteiger partial charge is 0.242 e. The van der Waals surface area contributed by atoms with Crippen LogP contribution in [0.25, 0.3) is 11.0 Å². The zero-order valence-corrected chi connectivity index (χ0v) is 13.8. The van der Waals surface area contributed by atoms with Gasteiger partial charge in [-0.15, -0.1) is 0 Å². The van der Waals surface area contributed by atoms with Gasteiger partial charge < -0.3 is 4.74 Å². The molecule has 0 saturated heterocycles. The van der Waals surface area contributed by atoms with E-state index in [1.54, 1.807) is 24.0 Å². The van der Waals surface area contributed by atoms with Gasteiger partial charge >= 0.3 is 0 Å². The van der Waals surface area contributed by atoms with E-state index >= 15 is 0 Å². The summed E-state index contributed by atoms with van der Waals surface area (Å²) in [5.74, 6) is 0.811. The Morgan fingerprint density at radius 3 is 3.00 bits per heavy atom. The number of aromatic nitrogens is 3. The van der Waals surface area contributed by atoms with Gasteiger partial charge in [-0.05, 0) is 24.1 Å². The van der Waals surface area contributed by atoms with E-state index in [0.717, 1.165) is 11.3 Å². The number of nitrogens with one attached hydrogen (secondary N) is 1. The molecule has 1 aliphatic heterocycles. The summed E-state index contributed by atoms with van der Waals surface area (Å²) in [4.78, 5) is 4.31. The first-order chi connectivity index (χ1) is 11.5. The molecular weight excluding hydrogens is 328 g/mol. The van der Waals surface area contributed by atoms with Crippen molar-refractivity contribution in [1.29, 1.82) is 0 Å². The third-order valence-electron chi connectivity index (χ3n) is 4.06. The molecule has 0 unspecified atom stereocenters. The molecule has 7 nitrogen and oxygen atoms in total. The summed E-state index contributed by atoms with van der Waals surface area (Å²) in [6.45, 7) is 0.304. The minimum Gasteiger partial charge on any atom is -0.492 e. The van der Waals surface area contributed by atoms with Crippen molar-refractivity contribution in [1.82, 2.24) is 19.5 Å². The number of pyridine rings is 1. The SMILES string of the molecule is Cn1ncc2cc(S(=O)(=O)N[C@@H]3COc4ccccc4C3)cnc21. The Kier molecular flexibility index (Phi) is 3.50. The van der Waals surface area contributed by atoms with Crippen LogP contribution in [0.3, 0.4) is 0 Å². The number of rotatable bonds is 3. The van der Waals surface area contributed by atoms with Crippen LogP contribution in [-0.2, 0) is 23.5 Å². The number of benzene rings is 1. The first-order valence-electron chi connectivity index (χ1n) is 7.54.